The van der Waals surface area contributed by atoms with E-state index in [1.807, 2.05) is 42.5 Å². The number of amides is 2. The number of anilines is 1. The lowest BCUT2D eigenvalue weighted by Crippen LogP contribution is -2.33. The van der Waals surface area contributed by atoms with Crippen LogP contribution >= 0.6 is 0 Å². The fraction of sp³-hybridized carbons (Fsp3) is 0.136. The van der Waals surface area contributed by atoms with E-state index in [4.69, 9.17) is 0 Å². The molecular formula is C22H20N2O3. The molecule has 2 N–H and O–H groups in total. The van der Waals surface area contributed by atoms with Gasteiger partial charge >= 0.3 is 0 Å². The highest BCUT2D eigenvalue weighted by Crippen LogP contribution is 2.18. The largest absolute Gasteiger partial charge is 0.347 e. The number of benzene rings is 3. The number of rotatable bonds is 6. The minimum absolute atomic E-state index is 0.0337. The van der Waals surface area contributed by atoms with Crippen molar-refractivity contribution in [1.82, 2.24) is 5.32 Å². The Balaban J connectivity index is 1.54. The third-order valence-electron chi connectivity index (χ3n) is 4.25. The second kappa shape index (κ2) is 8.27. The Labute approximate surface area is 157 Å². The summed E-state index contributed by atoms with van der Waals surface area (Å²) in [5.41, 5.74) is 2.08. The van der Waals surface area contributed by atoms with Crippen LogP contribution in [0.25, 0.3) is 10.8 Å². The molecule has 0 heterocycles. The summed E-state index contributed by atoms with van der Waals surface area (Å²) in [6, 6.07) is 20.3. The molecule has 0 atom stereocenters. The van der Waals surface area contributed by atoms with Gasteiger partial charge in [0.05, 0.1) is 13.0 Å². The van der Waals surface area contributed by atoms with Crippen LogP contribution in [0.15, 0.2) is 66.7 Å². The molecule has 5 heteroatoms. The van der Waals surface area contributed by atoms with E-state index in [2.05, 4.69) is 10.6 Å². The Kier molecular flexibility index (Phi) is 5.61. The van der Waals surface area contributed by atoms with Crippen molar-refractivity contribution >= 4 is 34.1 Å². The topological polar surface area (TPSA) is 75.3 Å². The smallest absolute Gasteiger partial charge is 0.243 e. The minimum Gasteiger partial charge on any atom is -0.347 e. The first-order valence-corrected chi connectivity index (χ1v) is 8.67. The van der Waals surface area contributed by atoms with Gasteiger partial charge in [-0.1, -0.05) is 42.5 Å². The van der Waals surface area contributed by atoms with Gasteiger partial charge in [-0.05, 0) is 47.5 Å². The molecule has 3 aromatic rings. The lowest BCUT2D eigenvalue weighted by Gasteiger charge is -2.09. The quantitative estimate of drug-likeness (QED) is 0.662. The normalized spacial score (nSPS) is 10.4. The number of Topliss-reactive ketones (excluding diaryl/α,β-unsaturated/α-hetero) is 1. The van der Waals surface area contributed by atoms with E-state index in [1.54, 1.807) is 24.3 Å². The van der Waals surface area contributed by atoms with Gasteiger partial charge in [-0.15, -0.1) is 0 Å². The number of hydrogen-bond acceptors (Lipinski definition) is 3. The van der Waals surface area contributed by atoms with Crippen LogP contribution < -0.4 is 10.6 Å². The van der Waals surface area contributed by atoms with E-state index in [9.17, 15) is 14.4 Å². The maximum atomic E-state index is 12.2. The Bertz CT molecular complexity index is 989. The molecule has 0 bridgehead atoms. The fourth-order valence-corrected chi connectivity index (χ4v) is 2.85. The zero-order chi connectivity index (χ0) is 19.2. The summed E-state index contributed by atoms with van der Waals surface area (Å²) in [4.78, 5) is 35.5. The van der Waals surface area contributed by atoms with Crippen LogP contribution in [0, 0.1) is 0 Å². The lowest BCUT2D eigenvalue weighted by molar-refractivity contribution is -0.123. The Morgan fingerprint density at radius 1 is 0.815 bits per heavy atom. The highest BCUT2D eigenvalue weighted by molar-refractivity contribution is 5.97. The van der Waals surface area contributed by atoms with E-state index in [0.717, 1.165) is 16.3 Å². The predicted octanol–water partition coefficient (Wildman–Crippen LogP) is 3.34. The van der Waals surface area contributed by atoms with E-state index in [-0.39, 0.29) is 30.6 Å². The maximum Gasteiger partial charge on any atom is 0.243 e. The molecule has 0 aliphatic rings. The summed E-state index contributed by atoms with van der Waals surface area (Å²) in [5, 5.41) is 7.44. The van der Waals surface area contributed by atoms with Gasteiger partial charge in [0.1, 0.15) is 0 Å². The van der Waals surface area contributed by atoms with Gasteiger partial charge in [-0.3, -0.25) is 14.4 Å². The SMILES string of the molecule is CC(=O)c1ccc(NC(=O)CNC(=O)Cc2cccc3ccccc23)cc1. The molecule has 0 saturated heterocycles. The Morgan fingerprint density at radius 3 is 2.26 bits per heavy atom. The summed E-state index contributed by atoms with van der Waals surface area (Å²) >= 11 is 0. The van der Waals surface area contributed by atoms with Gasteiger partial charge in [0, 0.05) is 11.3 Å². The van der Waals surface area contributed by atoms with Crippen molar-refractivity contribution in [2.45, 2.75) is 13.3 Å². The van der Waals surface area contributed by atoms with Gasteiger partial charge in [-0.25, -0.2) is 0 Å². The molecular weight excluding hydrogens is 340 g/mol. The molecule has 3 rings (SSSR count). The standard InChI is InChI=1S/C22H20N2O3/c1-15(25)16-9-11-19(12-10-16)24-22(27)14-23-21(26)13-18-7-4-6-17-5-2-3-8-20(17)18/h2-12H,13-14H2,1H3,(H,23,26)(H,24,27). The van der Waals surface area contributed by atoms with Crippen LogP contribution in [-0.4, -0.2) is 24.1 Å². The molecule has 0 unspecified atom stereocenters. The van der Waals surface area contributed by atoms with Crippen LogP contribution in [0.1, 0.15) is 22.8 Å². The van der Waals surface area contributed by atoms with Crippen molar-refractivity contribution in [1.29, 1.82) is 0 Å². The maximum absolute atomic E-state index is 12.2. The average molecular weight is 360 g/mol. The molecule has 0 spiro atoms. The first-order valence-electron chi connectivity index (χ1n) is 8.67. The van der Waals surface area contributed by atoms with Crippen molar-refractivity contribution in [2.75, 3.05) is 11.9 Å². The highest BCUT2D eigenvalue weighted by atomic mass is 16.2. The van der Waals surface area contributed by atoms with E-state index >= 15 is 0 Å². The van der Waals surface area contributed by atoms with E-state index < -0.39 is 0 Å². The van der Waals surface area contributed by atoms with E-state index in [0.29, 0.717) is 11.3 Å². The summed E-state index contributed by atoms with van der Waals surface area (Å²) in [6.07, 6.45) is 0.210. The lowest BCUT2D eigenvalue weighted by atomic mass is 10.0. The number of nitrogens with one attached hydrogen (secondary N) is 2. The van der Waals surface area contributed by atoms with Crippen molar-refractivity contribution < 1.29 is 14.4 Å². The molecule has 5 nitrogen and oxygen atoms in total. The van der Waals surface area contributed by atoms with Crippen molar-refractivity contribution in [3.05, 3.63) is 77.9 Å². The monoisotopic (exact) mass is 360 g/mol. The van der Waals surface area contributed by atoms with Crippen LogP contribution in [-0.2, 0) is 16.0 Å². The summed E-state index contributed by atoms with van der Waals surface area (Å²) in [7, 11) is 0. The Morgan fingerprint density at radius 2 is 1.52 bits per heavy atom. The Hall–Kier alpha value is -3.47. The molecule has 0 radical (unpaired) electrons. The van der Waals surface area contributed by atoms with Crippen LogP contribution in [0.4, 0.5) is 5.69 Å². The summed E-state index contributed by atoms with van der Waals surface area (Å²) < 4.78 is 0. The van der Waals surface area contributed by atoms with Gasteiger partial charge in [0.15, 0.2) is 5.78 Å². The second-order valence-electron chi connectivity index (χ2n) is 6.27. The number of carbonyl (C=O) groups excluding carboxylic acids is 3. The molecule has 136 valence electrons. The first kappa shape index (κ1) is 18.3. The highest BCUT2D eigenvalue weighted by Gasteiger charge is 2.09. The van der Waals surface area contributed by atoms with Crippen molar-refractivity contribution in [2.24, 2.45) is 0 Å². The fourth-order valence-electron chi connectivity index (χ4n) is 2.85. The number of hydrogen-bond donors (Lipinski definition) is 2. The van der Waals surface area contributed by atoms with Gasteiger partial charge < -0.3 is 10.6 Å². The molecule has 27 heavy (non-hydrogen) atoms. The van der Waals surface area contributed by atoms with Crippen molar-refractivity contribution in [3.8, 4) is 0 Å². The zero-order valence-corrected chi connectivity index (χ0v) is 15.0. The molecule has 0 fully saturated rings. The molecule has 0 aromatic heterocycles. The molecule has 2 amide bonds. The van der Waals surface area contributed by atoms with Crippen LogP contribution in [0.3, 0.4) is 0 Å². The second-order valence-corrected chi connectivity index (χ2v) is 6.27. The van der Waals surface area contributed by atoms with Crippen LogP contribution in [0.5, 0.6) is 0 Å². The van der Waals surface area contributed by atoms with E-state index in [1.165, 1.54) is 6.92 Å². The van der Waals surface area contributed by atoms with Gasteiger partial charge in [-0.2, -0.15) is 0 Å². The molecule has 0 saturated carbocycles. The summed E-state index contributed by atoms with van der Waals surface area (Å²) in [5.74, 6) is -0.571. The van der Waals surface area contributed by atoms with Gasteiger partial charge in [0.25, 0.3) is 0 Å². The average Bonchev–Trinajstić information content (AvgIpc) is 2.67. The number of carbonyl (C=O) groups is 3. The number of fused-ring (bicyclic) bond motifs is 1. The zero-order valence-electron chi connectivity index (χ0n) is 15.0. The van der Waals surface area contributed by atoms with Gasteiger partial charge in [0.2, 0.25) is 11.8 Å². The summed E-state index contributed by atoms with van der Waals surface area (Å²) in [6.45, 7) is 1.37. The van der Waals surface area contributed by atoms with Crippen molar-refractivity contribution in [3.63, 3.8) is 0 Å². The third-order valence-corrected chi connectivity index (χ3v) is 4.25. The number of ketones is 1. The first-order chi connectivity index (χ1) is 13.0. The molecule has 3 aromatic carbocycles. The van der Waals surface area contributed by atoms with Crippen LogP contribution in [0.2, 0.25) is 0 Å². The predicted molar refractivity (Wildman–Crippen MR) is 106 cm³/mol. The molecule has 0 aliphatic carbocycles. The molecule has 0 aliphatic heterocycles. The third kappa shape index (κ3) is 4.79. The minimum atomic E-state index is -0.322.